The van der Waals surface area contributed by atoms with Crippen molar-refractivity contribution in [2.24, 2.45) is 0 Å². The van der Waals surface area contributed by atoms with Gasteiger partial charge in [-0.1, -0.05) is 0 Å². The molecule has 0 aliphatic rings. The van der Waals surface area contributed by atoms with Crippen molar-refractivity contribution in [1.82, 2.24) is 9.88 Å². The number of rotatable bonds is 7. The molecule has 7 nitrogen and oxygen atoms in total. The van der Waals surface area contributed by atoms with Gasteiger partial charge in [-0.25, -0.2) is 8.42 Å². The molecule has 3 aromatic rings. The minimum atomic E-state index is -3.78. The molecular weight excluding hydrogens is 402 g/mol. The van der Waals surface area contributed by atoms with Crippen molar-refractivity contribution in [3.05, 3.63) is 84.2 Å². The predicted octanol–water partition coefficient (Wildman–Crippen LogP) is 3.72. The highest BCUT2D eigenvalue weighted by Crippen LogP contribution is 2.22. The maximum absolute atomic E-state index is 12.8. The fraction of sp³-hybridized carbons (Fsp3) is 0.182. The summed E-state index contributed by atoms with van der Waals surface area (Å²) in [6.45, 7) is 1.92. The Morgan fingerprint density at radius 1 is 1.00 bits per heavy atom. The Balaban J connectivity index is 1.73. The zero-order valence-corrected chi connectivity index (χ0v) is 17.8. The molecule has 0 unspecified atom stereocenters. The average molecular weight is 426 g/mol. The largest absolute Gasteiger partial charge is 0.497 e. The van der Waals surface area contributed by atoms with Gasteiger partial charge in [-0.05, 0) is 73.2 Å². The van der Waals surface area contributed by atoms with Gasteiger partial charge in [-0.3, -0.25) is 14.5 Å². The van der Waals surface area contributed by atoms with E-state index in [2.05, 4.69) is 9.71 Å². The van der Waals surface area contributed by atoms with E-state index in [0.717, 1.165) is 5.56 Å². The van der Waals surface area contributed by atoms with Gasteiger partial charge in [0.25, 0.3) is 15.9 Å². The molecule has 0 saturated carbocycles. The summed E-state index contributed by atoms with van der Waals surface area (Å²) < 4.78 is 32.8. The summed E-state index contributed by atoms with van der Waals surface area (Å²) >= 11 is 0. The summed E-state index contributed by atoms with van der Waals surface area (Å²) in [4.78, 5) is 18.5. The van der Waals surface area contributed by atoms with Gasteiger partial charge in [0.1, 0.15) is 5.75 Å². The molecule has 8 heteroatoms. The van der Waals surface area contributed by atoms with Gasteiger partial charge in [0, 0.05) is 30.7 Å². The second kappa shape index (κ2) is 8.96. The predicted molar refractivity (Wildman–Crippen MR) is 115 cm³/mol. The van der Waals surface area contributed by atoms with Crippen LogP contribution < -0.4 is 9.46 Å². The van der Waals surface area contributed by atoms with Crippen LogP contribution in [-0.4, -0.2) is 38.4 Å². The maximum atomic E-state index is 12.8. The Kier molecular flexibility index (Phi) is 6.37. The molecule has 0 spiro atoms. The van der Waals surface area contributed by atoms with Crippen molar-refractivity contribution < 1.29 is 17.9 Å². The van der Waals surface area contributed by atoms with Crippen LogP contribution in [0.4, 0.5) is 5.69 Å². The lowest BCUT2D eigenvalue weighted by Gasteiger charge is -2.25. The van der Waals surface area contributed by atoms with Crippen LogP contribution in [0.2, 0.25) is 0 Å². The molecule has 1 atom stereocenters. The van der Waals surface area contributed by atoms with E-state index in [1.165, 1.54) is 31.4 Å². The lowest BCUT2D eigenvalue weighted by atomic mass is 10.1. The van der Waals surface area contributed by atoms with E-state index in [9.17, 15) is 13.2 Å². The van der Waals surface area contributed by atoms with Gasteiger partial charge in [-0.15, -0.1) is 0 Å². The van der Waals surface area contributed by atoms with Gasteiger partial charge in [-0.2, -0.15) is 0 Å². The van der Waals surface area contributed by atoms with Crippen molar-refractivity contribution >= 4 is 21.6 Å². The first kappa shape index (κ1) is 21.3. The number of nitrogens with zero attached hydrogens (tertiary/aromatic N) is 2. The van der Waals surface area contributed by atoms with Gasteiger partial charge in [0.05, 0.1) is 18.0 Å². The number of carbonyl (C=O) groups excluding carboxylic acids is 1. The van der Waals surface area contributed by atoms with Crippen molar-refractivity contribution in [2.75, 3.05) is 18.9 Å². The minimum absolute atomic E-state index is 0.0692. The Labute approximate surface area is 176 Å². The number of amides is 1. The molecule has 2 aromatic carbocycles. The third-order valence-corrected chi connectivity index (χ3v) is 6.24. The third kappa shape index (κ3) is 4.77. The zero-order valence-electron chi connectivity index (χ0n) is 16.9. The molecular formula is C22H23N3O4S. The molecule has 0 aliphatic carbocycles. The van der Waals surface area contributed by atoms with E-state index in [-0.39, 0.29) is 16.8 Å². The molecule has 0 saturated heterocycles. The summed E-state index contributed by atoms with van der Waals surface area (Å²) in [6, 6.07) is 16.0. The Hall–Kier alpha value is -3.39. The molecule has 156 valence electrons. The van der Waals surface area contributed by atoms with Crippen molar-refractivity contribution in [3.8, 4) is 5.75 Å². The van der Waals surface area contributed by atoms with Crippen molar-refractivity contribution in [2.45, 2.75) is 17.9 Å². The molecule has 0 fully saturated rings. The molecule has 0 bridgehead atoms. The van der Waals surface area contributed by atoms with Crippen molar-refractivity contribution in [3.63, 3.8) is 0 Å². The topological polar surface area (TPSA) is 88.6 Å². The van der Waals surface area contributed by atoms with Crippen LogP contribution in [0.15, 0.2) is 78.0 Å². The van der Waals surface area contributed by atoms with Crippen LogP contribution in [0.3, 0.4) is 0 Å². The maximum Gasteiger partial charge on any atom is 0.261 e. The molecule has 1 heterocycles. The first-order valence-corrected chi connectivity index (χ1v) is 10.7. The number of carbonyl (C=O) groups is 1. The first-order chi connectivity index (χ1) is 14.3. The van der Waals surface area contributed by atoms with Gasteiger partial charge >= 0.3 is 0 Å². The molecule has 1 N–H and O–H groups in total. The molecule has 1 aromatic heterocycles. The van der Waals surface area contributed by atoms with Crippen molar-refractivity contribution in [1.29, 1.82) is 0 Å². The minimum Gasteiger partial charge on any atom is -0.497 e. The van der Waals surface area contributed by atoms with E-state index >= 15 is 0 Å². The third-order valence-electron chi connectivity index (χ3n) is 4.84. The molecule has 0 aliphatic heterocycles. The highest BCUT2D eigenvalue weighted by Gasteiger charge is 2.20. The van der Waals surface area contributed by atoms with E-state index in [4.69, 9.17) is 4.74 Å². The Morgan fingerprint density at radius 3 is 2.17 bits per heavy atom. The van der Waals surface area contributed by atoms with Crippen LogP contribution in [0.5, 0.6) is 5.75 Å². The second-order valence-electron chi connectivity index (χ2n) is 6.73. The fourth-order valence-electron chi connectivity index (χ4n) is 2.89. The SMILES string of the molecule is COc1ccc(NS(=O)(=O)c2ccc(C(=O)N(C)[C@H](C)c3ccncc3)cc2)cc1. The number of aromatic nitrogens is 1. The van der Waals surface area contributed by atoms with Gasteiger partial charge < -0.3 is 9.64 Å². The first-order valence-electron chi connectivity index (χ1n) is 9.26. The quantitative estimate of drug-likeness (QED) is 0.623. The lowest BCUT2D eigenvalue weighted by Crippen LogP contribution is -2.29. The number of ether oxygens (including phenoxy) is 1. The smallest absolute Gasteiger partial charge is 0.261 e. The van der Waals surface area contributed by atoms with Crippen LogP contribution in [-0.2, 0) is 10.0 Å². The number of sulfonamides is 1. The van der Waals surface area contributed by atoms with E-state index < -0.39 is 10.0 Å². The zero-order chi connectivity index (χ0) is 21.7. The van der Waals surface area contributed by atoms with E-state index in [1.807, 2.05) is 19.1 Å². The number of nitrogens with one attached hydrogen (secondary N) is 1. The molecule has 30 heavy (non-hydrogen) atoms. The number of anilines is 1. The summed E-state index contributed by atoms with van der Waals surface area (Å²) in [5.74, 6) is 0.428. The normalized spacial score (nSPS) is 12.1. The van der Waals surface area contributed by atoms with Gasteiger partial charge in [0.2, 0.25) is 0 Å². The molecule has 0 radical (unpaired) electrons. The number of pyridine rings is 1. The summed E-state index contributed by atoms with van der Waals surface area (Å²) in [7, 11) is -0.527. The monoisotopic (exact) mass is 425 g/mol. The summed E-state index contributed by atoms with van der Waals surface area (Å²) in [5.41, 5.74) is 1.78. The van der Waals surface area contributed by atoms with Crippen LogP contribution >= 0.6 is 0 Å². The van der Waals surface area contributed by atoms with Gasteiger partial charge in [0.15, 0.2) is 0 Å². The number of hydrogen-bond donors (Lipinski definition) is 1. The van der Waals surface area contributed by atoms with Crippen LogP contribution in [0, 0.1) is 0 Å². The fourth-order valence-corrected chi connectivity index (χ4v) is 3.95. The number of benzene rings is 2. The van der Waals surface area contributed by atoms with Crippen LogP contribution in [0.1, 0.15) is 28.9 Å². The lowest BCUT2D eigenvalue weighted by molar-refractivity contribution is 0.0742. The average Bonchev–Trinajstić information content (AvgIpc) is 2.78. The Morgan fingerprint density at radius 2 is 1.60 bits per heavy atom. The highest BCUT2D eigenvalue weighted by atomic mass is 32.2. The Bertz CT molecular complexity index is 1100. The molecule has 1 amide bonds. The van der Waals surface area contributed by atoms with Crippen LogP contribution in [0.25, 0.3) is 0 Å². The van der Waals surface area contributed by atoms with E-state index in [0.29, 0.717) is 17.0 Å². The summed E-state index contributed by atoms with van der Waals surface area (Å²) in [6.07, 6.45) is 3.36. The number of methoxy groups -OCH3 is 1. The summed E-state index contributed by atoms with van der Waals surface area (Å²) in [5, 5.41) is 0. The highest BCUT2D eigenvalue weighted by molar-refractivity contribution is 7.92. The second-order valence-corrected chi connectivity index (χ2v) is 8.41. The number of hydrogen-bond acceptors (Lipinski definition) is 5. The van der Waals surface area contributed by atoms with E-state index in [1.54, 1.807) is 48.6 Å². The standard InChI is InChI=1S/C22H23N3O4S/c1-16(17-12-14-23-15-13-17)25(2)22(26)18-4-10-21(11-5-18)30(27,28)24-19-6-8-20(29-3)9-7-19/h4-16,24H,1-3H3/t16-/m1/s1. The molecule has 3 rings (SSSR count).